The highest BCUT2D eigenvalue weighted by Gasteiger charge is 2.40. The predicted molar refractivity (Wildman–Crippen MR) is 112 cm³/mol. The van der Waals surface area contributed by atoms with Crippen LogP contribution in [0, 0.1) is 11.8 Å². The van der Waals surface area contributed by atoms with E-state index in [-0.39, 0.29) is 17.6 Å². The molecular formula is C24H29NO4. The highest BCUT2D eigenvalue weighted by Crippen LogP contribution is 2.39. The minimum absolute atomic E-state index is 0.0279. The number of aliphatic hydroxyl groups is 1. The van der Waals surface area contributed by atoms with Crippen LogP contribution in [0.25, 0.3) is 0 Å². The van der Waals surface area contributed by atoms with Crippen LogP contribution in [-0.4, -0.2) is 49.2 Å². The minimum atomic E-state index is -0.606. The van der Waals surface area contributed by atoms with E-state index >= 15 is 0 Å². The average molecular weight is 395 g/mol. The molecule has 1 saturated heterocycles. The summed E-state index contributed by atoms with van der Waals surface area (Å²) in [6.07, 6.45) is 1.80. The van der Waals surface area contributed by atoms with Gasteiger partial charge in [0.25, 0.3) is 0 Å². The topological polar surface area (TPSA) is 59.0 Å². The van der Waals surface area contributed by atoms with Crippen molar-refractivity contribution in [3.8, 4) is 11.5 Å². The number of aliphatic hydroxyl groups excluding tert-OH is 1. The number of ether oxygens (including phenoxy) is 2. The number of benzene rings is 2. The Morgan fingerprint density at radius 3 is 2.38 bits per heavy atom. The van der Waals surface area contributed by atoms with Gasteiger partial charge in [-0.25, -0.2) is 0 Å². The molecule has 0 unspecified atom stereocenters. The van der Waals surface area contributed by atoms with Crippen LogP contribution in [0.2, 0.25) is 0 Å². The first-order valence-electron chi connectivity index (χ1n) is 10.3. The van der Waals surface area contributed by atoms with Gasteiger partial charge < -0.3 is 14.6 Å². The van der Waals surface area contributed by atoms with E-state index in [0.29, 0.717) is 23.5 Å². The van der Waals surface area contributed by atoms with Crippen LogP contribution in [0.5, 0.6) is 11.5 Å². The molecule has 0 bridgehead atoms. The Kier molecular flexibility index (Phi) is 5.88. The Hall–Kier alpha value is -2.37. The number of methoxy groups -OCH3 is 2. The van der Waals surface area contributed by atoms with Crippen LogP contribution >= 0.6 is 0 Å². The third kappa shape index (κ3) is 4.02. The fraction of sp³-hybridized carbons (Fsp3) is 0.458. The zero-order valence-electron chi connectivity index (χ0n) is 17.1. The minimum Gasteiger partial charge on any atom is -0.493 e. The number of ketones is 1. The molecule has 2 aliphatic rings. The second kappa shape index (κ2) is 8.56. The van der Waals surface area contributed by atoms with Gasteiger partial charge in [-0.2, -0.15) is 0 Å². The predicted octanol–water partition coefficient (Wildman–Crippen LogP) is 3.33. The Bertz CT molecular complexity index is 859. The van der Waals surface area contributed by atoms with Gasteiger partial charge in [0.05, 0.1) is 26.2 Å². The number of carbonyl (C=O) groups excluding carboxylic acids is 1. The molecule has 2 atom stereocenters. The third-order valence-electron chi connectivity index (χ3n) is 6.43. The van der Waals surface area contributed by atoms with Crippen molar-refractivity contribution in [2.75, 3.05) is 27.3 Å². The first kappa shape index (κ1) is 19.9. The molecule has 1 fully saturated rings. The lowest BCUT2D eigenvalue weighted by molar-refractivity contribution is 0.0202. The van der Waals surface area contributed by atoms with E-state index in [1.165, 1.54) is 5.56 Å². The maximum absolute atomic E-state index is 13.0. The molecule has 0 spiro atoms. The van der Waals surface area contributed by atoms with Crippen LogP contribution < -0.4 is 9.47 Å². The van der Waals surface area contributed by atoms with E-state index in [9.17, 15) is 9.90 Å². The molecule has 5 nitrogen and oxygen atoms in total. The Morgan fingerprint density at radius 1 is 1.07 bits per heavy atom. The van der Waals surface area contributed by atoms with E-state index in [0.717, 1.165) is 38.0 Å². The zero-order valence-corrected chi connectivity index (χ0v) is 17.1. The third-order valence-corrected chi connectivity index (χ3v) is 6.43. The van der Waals surface area contributed by atoms with Crippen LogP contribution in [0.4, 0.5) is 0 Å². The van der Waals surface area contributed by atoms with Crippen molar-refractivity contribution in [1.29, 1.82) is 0 Å². The van der Waals surface area contributed by atoms with Crippen molar-refractivity contribution in [1.82, 2.24) is 4.90 Å². The second-order valence-corrected chi connectivity index (χ2v) is 8.13. The van der Waals surface area contributed by atoms with E-state index in [4.69, 9.17) is 9.47 Å². The number of nitrogens with zero attached hydrogens (tertiary/aromatic N) is 1. The van der Waals surface area contributed by atoms with Crippen molar-refractivity contribution in [2.24, 2.45) is 11.8 Å². The van der Waals surface area contributed by atoms with Gasteiger partial charge in [-0.15, -0.1) is 0 Å². The molecule has 0 radical (unpaired) electrons. The lowest BCUT2D eigenvalue weighted by Gasteiger charge is -2.35. The second-order valence-electron chi connectivity index (χ2n) is 8.13. The number of Topliss-reactive ketones (excluding diaryl/α,β-unsaturated/α-hetero) is 1. The molecule has 2 aromatic rings. The van der Waals surface area contributed by atoms with Gasteiger partial charge in [0.15, 0.2) is 17.3 Å². The summed E-state index contributed by atoms with van der Waals surface area (Å²) in [4.78, 5) is 15.4. The molecule has 29 heavy (non-hydrogen) atoms. The quantitative estimate of drug-likeness (QED) is 0.813. The highest BCUT2D eigenvalue weighted by molar-refractivity contribution is 6.03. The molecule has 5 heteroatoms. The lowest BCUT2D eigenvalue weighted by atomic mass is 9.82. The van der Waals surface area contributed by atoms with Gasteiger partial charge in [-0.3, -0.25) is 9.69 Å². The molecule has 0 saturated carbocycles. The standard InChI is InChI=1S/C24H29NO4/c1-28-21-13-18-12-20(24(27)19(18)14-22(21)29-2)23(26)17-8-10-25(11-9-17)15-16-6-4-3-5-7-16/h3-7,13-14,17,20,23,26H,8-12,15H2,1-2H3/t20-,23+/m0/s1. The van der Waals surface area contributed by atoms with Crippen molar-refractivity contribution >= 4 is 5.78 Å². The molecule has 154 valence electrons. The largest absolute Gasteiger partial charge is 0.493 e. The Morgan fingerprint density at radius 2 is 1.72 bits per heavy atom. The van der Waals surface area contributed by atoms with Crippen LogP contribution in [0.1, 0.15) is 34.3 Å². The number of piperidine rings is 1. The highest BCUT2D eigenvalue weighted by atomic mass is 16.5. The van der Waals surface area contributed by atoms with Gasteiger partial charge in [0.2, 0.25) is 0 Å². The maximum Gasteiger partial charge on any atom is 0.169 e. The smallest absolute Gasteiger partial charge is 0.169 e. The van der Waals surface area contributed by atoms with Crippen molar-refractivity contribution < 1.29 is 19.4 Å². The number of likely N-dealkylation sites (tertiary alicyclic amines) is 1. The SMILES string of the molecule is COc1cc2c(cc1OC)C(=O)[C@H]([C@H](O)C1CCN(Cc3ccccc3)CC1)C2. The maximum atomic E-state index is 13.0. The van der Waals surface area contributed by atoms with Gasteiger partial charge in [0.1, 0.15) is 0 Å². The van der Waals surface area contributed by atoms with Crippen LogP contribution in [-0.2, 0) is 13.0 Å². The molecule has 1 aliphatic heterocycles. The normalized spacial score (nSPS) is 21.1. The molecular weight excluding hydrogens is 366 g/mol. The summed E-state index contributed by atoms with van der Waals surface area (Å²) in [6, 6.07) is 14.1. The fourth-order valence-electron chi connectivity index (χ4n) is 4.75. The van der Waals surface area contributed by atoms with Crippen molar-refractivity contribution in [2.45, 2.75) is 31.9 Å². The Balaban J connectivity index is 1.39. The van der Waals surface area contributed by atoms with Gasteiger partial charge >= 0.3 is 0 Å². The number of carbonyl (C=O) groups is 1. The van der Waals surface area contributed by atoms with E-state index in [1.807, 2.05) is 12.1 Å². The molecule has 1 N–H and O–H groups in total. The van der Waals surface area contributed by atoms with Gasteiger partial charge in [-0.05, 0) is 61.5 Å². The van der Waals surface area contributed by atoms with E-state index < -0.39 is 6.10 Å². The lowest BCUT2D eigenvalue weighted by Crippen LogP contribution is -2.41. The summed E-state index contributed by atoms with van der Waals surface area (Å²) in [5.41, 5.74) is 2.92. The van der Waals surface area contributed by atoms with Crippen molar-refractivity contribution in [3.63, 3.8) is 0 Å². The monoisotopic (exact) mass is 395 g/mol. The number of fused-ring (bicyclic) bond motifs is 1. The molecule has 1 heterocycles. The molecule has 2 aromatic carbocycles. The summed E-state index contributed by atoms with van der Waals surface area (Å²) in [6.45, 7) is 2.84. The fourth-order valence-corrected chi connectivity index (χ4v) is 4.75. The summed E-state index contributed by atoms with van der Waals surface area (Å²) in [5.74, 6) is 1.01. The Labute approximate surface area is 172 Å². The van der Waals surface area contributed by atoms with Crippen molar-refractivity contribution in [3.05, 3.63) is 59.2 Å². The summed E-state index contributed by atoms with van der Waals surface area (Å²) >= 11 is 0. The van der Waals surface area contributed by atoms with E-state index in [1.54, 1.807) is 20.3 Å². The van der Waals surface area contributed by atoms with Crippen LogP contribution in [0.15, 0.2) is 42.5 Å². The number of hydrogen-bond acceptors (Lipinski definition) is 5. The van der Waals surface area contributed by atoms with Gasteiger partial charge in [0, 0.05) is 12.1 Å². The summed E-state index contributed by atoms with van der Waals surface area (Å²) in [5, 5.41) is 11.0. The average Bonchev–Trinajstić information content (AvgIpc) is 3.09. The first-order valence-corrected chi connectivity index (χ1v) is 10.3. The number of hydrogen-bond donors (Lipinski definition) is 1. The number of rotatable bonds is 6. The molecule has 1 aliphatic carbocycles. The summed E-state index contributed by atoms with van der Waals surface area (Å²) in [7, 11) is 3.16. The molecule has 0 aromatic heterocycles. The summed E-state index contributed by atoms with van der Waals surface area (Å²) < 4.78 is 10.7. The zero-order chi connectivity index (χ0) is 20.4. The van der Waals surface area contributed by atoms with Gasteiger partial charge in [-0.1, -0.05) is 30.3 Å². The molecule has 4 rings (SSSR count). The molecule has 0 amide bonds. The van der Waals surface area contributed by atoms with Crippen LogP contribution in [0.3, 0.4) is 0 Å². The first-order chi connectivity index (χ1) is 14.1. The van der Waals surface area contributed by atoms with E-state index in [2.05, 4.69) is 29.2 Å².